The van der Waals surface area contributed by atoms with Gasteiger partial charge in [0.1, 0.15) is 0 Å². The van der Waals surface area contributed by atoms with Crippen LogP contribution in [0.2, 0.25) is 0 Å². The Balaban J connectivity index is 2.34. The van der Waals surface area contributed by atoms with Crippen LogP contribution in [-0.2, 0) is 0 Å². The number of hydrogen-bond donors (Lipinski definition) is 0. The van der Waals surface area contributed by atoms with E-state index >= 15 is 0 Å². The Morgan fingerprint density at radius 3 is 1.17 bits per heavy atom. The van der Waals surface area contributed by atoms with Gasteiger partial charge in [0.15, 0.2) is 10.8 Å². The highest BCUT2D eigenvalue weighted by molar-refractivity contribution is 5.48. The van der Waals surface area contributed by atoms with Gasteiger partial charge in [0, 0.05) is 11.8 Å². The third-order valence-corrected chi connectivity index (χ3v) is 4.68. The van der Waals surface area contributed by atoms with Crippen LogP contribution in [0.5, 0.6) is 0 Å². The topological polar surface area (TPSA) is 95.2 Å². The van der Waals surface area contributed by atoms with Gasteiger partial charge in [0.25, 0.3) is 0 Å². The van der Waals surface area contributed by atoms with Crippen molar-refractivity contribution < 1.29 is 0 Å². The van der Waals surface area contributed by atoms with Crippen LogP contribution < -0.4 is 0 Å². The molecule has 4 aliphatic carbocycles. The van der Waals surface area contributed by atoms with E-state index in [0.717, 1.165) is 0 Å². The van der Waals surface area contributed by atoms with E-state index in [2.05, 4.69) is 0 Å². The van der Waals surface area contributed by atoms with Crippen molar-refractivity contribution in [3.8, 4) is 24.3 Å². The van der Waals surface area contributed by atoms with Crippen molar-refractivity contribution in [2.24, 2.45) is 34.5 Å². The molecule has 2 bridgehead atoms. The zero-order valence-corrected chi connectivity index (χ0v) is 9.41. The summed E-state index contributed by atoms with van der Waals surface area (Å²) in [5, 5.41) is 37.8. The highest BCUT2D eigenvalue weighted by Crippen LogP contribution is 2.66. The molecule has 4 atom stereocenters. The molecule has 1 saturated carbocycles. The monoisotopic (exact) mass is 232 g/mol. The Morgan fingerprint density at radius 1 is 0.611 bits per heavy atom. The highest BCUT2D eigenvalue weighted by Gasteiger charge is 2.71. The maximum Gasteiger partial charge on any atom is 0.182 e. The molecule has 4 rings (SSSR count). The van der Waals surface area contributed by atoms with Crippen LogP contribution >= 0.6 is 0 Å². The first-order chi connectivity index (χ1) is 8.70. The molecule has 0 N–H and O–H groups in total. The lowest BCUT2D eigenvalue weighted by molar-refractivity contribution is 0.00894. The maximum absolute atomic E-state index is 9.46. The zero-order chi connectivity index (χ0) is 13.0. The largest absolute Gasteiger partial charge is 0.196 e. The van der Waals surface area contributed by atoms with Gasteiger partial charge in [-0.2, -0.15) is 21.0 Å². The molecule has 4 nitrogen and oxygen atoms in total. The molecule has 18 heavy (non-hydrogen) atoms. The van der Waals surface area contributed by atoms with Crippen molar-refractivity contribution in [1.29, 1.82) is 21.0 Å². The smallest absolute Gasteiger partial charge is 0.182 e. The predicted octanol–water partition coefficient (Wildman–Crippen LogP) is 1.67. The lowest BCUT2D eigenvalue weighted by atomic mass is 9.39. The third-order valence-electron chi connectivity index (χ3n) is 4.68. The molecule has 84 valence electrons. The summed E-state index contributed by atoms with van der Waals surface area (Å²) in [6.07, 6.45) is 7.64. The van der Waals surface area contributed by atoms with E-state index in [1.807, 2.05) is 48.6 Å². The summed E-state index contributed by atoms with van der Waals surface area (Å²) in [6, 6.07) is 7.94. The van der Waals surface area contributed by atoms with Gasteiger partial charge in [-0.05, 0) is 11.8 Å². The van der Waals surface area contributed by atoms with Gasteiger partial charge in [-0.3, -0.25) is 0 Å². The Bertz CT molecular complexity index is 559. The second-order valence-electron chi connectivity index (χ2n) is 5.04. The molecule has 1 fully saturated rings. The average molecular weight is 232 g/mol. The highest BCUT2D eigenvalue weighted by atomic mass is 14.7. The Morgan fingerprint density at radius 2 is 0.944 bits per heavy atom. The zero-order valence-electron chi connectivity index (χ0n) is 9.41. The fourth-order valence-corrected chi connectivity index (χ4v) is 3.67. The standard InChI is InChI=1S/C14H8N4/c15-5-13(6-16)11-3-4-12(10-2-1-9(10)11)14(13,7-17)8-18/h1-4,9-12H/t9-,10+,11+,12-. The van der Waals surface area contributed by atoms with E-state index in [1.54, 1.807) is 0 Å². The molecule has 0 spiro atoms. The molecule has 0 aromatic heterocycles. The second kappa shape index (κ2) is 3.01. The van der Waals surface area contributed by atoms with E-state index in [4.69, 9.17) is 0 Å². The van der Waals surface area contributed by atoms with E-state index < -0.39 is 10.8 Å². The summed E-state index contributed by atoms with van der Waals surface area (Å²) in [5.74, 6) is -0.471. The molecule has 4 heteroatoms. The van der Waals surface area contributed by atoms with Gasteiger partial charge in [-0.1, -0.05) is 24.3 Å². The second-order valence-corrected chi connectivity index (χ2v) is 5.04. The quantitative estimate of drug-likeness (QED) is 0.593. The first-order valence-electron chi connectivity index (χ1n) is 5.72. The van der Waals surface area contributed by atoms with Crippen LogP contribution in [0.25, 0.3) is 0 Å². The van der Waals surface area contributed by atoms with Gasteiger partial charge < -0.3 is 0 Å². The van der Waals surface area contributed by atoms with Crippen LogP contribution in [0, 0.1) is 79.8 Å². The van der Waals surface area contributed by atoms with Crippen LogP contribution in [0.3, 0.4) is 0 Å². The number of allylic oxidation sites excluding steroid dienone is 4. The lowest BCUT2D eigenvalue weighted by Gasteiger charge is -2.57. The molecule has 0 aliphatic heterocycles. The minimum Gasteiger partial charge on any atom is -0.196 e. The van der Waals surface area contributed by atoms with Crippen molar-refractivity contribution in [3.63, 3.8) is 0 Å². The molecular formula is C14H8N4. The van der Waals surface area contributed by atoms with Crippen molar-refractivity contribution in [2.75, 3.05) is 0 Å². The molecule has 4 aliphatic rings. The number of nitrogens with zero attached hydrogens (tertiary/aromatic N) is 4. The minimum absolute atomic E-state index is 0.120. The normalized spacial score (nSPS) is 39.3. The third kappa shape index (κ3) is 0.756. The van der Waals surface area contributed by atoms with Crippen LogP contribution in [0.15, 0.2) is 24.3 Å². The van der Waals surface area contributed by atoms with E-state index in [1.165, 1.54) is 0 Å². The molecule has 0 unspecified atom stereocenters. The Kier molecular flexibility index (Phi) is 1.77. The Labute approximate surface area is 105 Å². The molecule has 0 aromatic carbocycles. The van der Waals surface area contributed by atoms with E-state index in [0.29, 0.717) is 0 Å². The summed E-state index contributed by atoms with van der Waals surface area (Å²) >= 11 is 0. The van der Waals surface area contributed by atoms with Crippen molar-refractivity contribution in [3.05, 3.63) is 24.3 Å². The van der Waals surface area contributed by atoms with E-state index in [-0.39, 0.29) is 23.7 Å². The minimum atomic E-state index is -1.55. The van der Waals surface area contributed by atoms with Gasteiger partial charge in [0.2, 0.25) is 0 Å². The van der Waals surface area contributed by atoms with Crippen LogP contribution in [0.4, 0.5) is 0 Å². The molecule has 0 radical (unpaired) electrons. The van der Waals surface area contributed by atoms with Gasteiger partial charge in [-0.25, -0.2) is 0 Å². The predicted molar refractivity (Wildman–Crippen MR) is 59.6 cm³/mol. The molecule has 0 amide bonds. The number of nitriles is 4. The summed E-state index contributed by atoms with van der Waals surface area (Å²) < 4.78 is 0. The Hall–Kier alpha value is -2.56. The van der Waals surface area contributed by atoms with Crippen molar-refractivity contribution >= 4 is 0 Å². The first-order valence-corrected chi connectivity index (χ1v) is 5.72. The SMILES string of the molecule is N#CC1(C#N)[C@@H]2C=C[C@@H]([C@@H]3C=C[C@@H]32)C1(C#N)C#N. The lowest BCUT2D eigenvalue weighted by Crippen LogP contribution is -2.61. The number of rotatable bonds is 0. The molecule has 0 heterocycles. The van der Waals surface area contributed by atoms with Crippen LogP contribution in [0.1, 0.15) is 0 Å². The van der Waals surface area contributed by atoms with Crippen molar-refractivity contribution in [1.82, 2.24) is 0 Å². The number of fused-ring (bicyclic) bond motifs is 1. The van der Waals surface area contributed by atoms with Crippen molar-refractivity contribution in [2.45, 2.75) is 0 Å². The number of hydrogen-bond acceptors (Lipinski definition) is 4. The summed E-state index contributed by atoms with van der Waals surface area (Å²) in [5.41, 5.74) is -3.11. The van der Waals surface area contributed by atoms with Gasteiger partial charge in [-0.15, -0.1) is 0 Å². The first kappa shape index (κ1) is 10.6. The van der Waals surface area contributed by atoms with E-state index in [9.17, 15) is 21.0 Å². The molecule has 0 aromatic rings. The van der Waals surface area contributed by atoms with Crippen LogP contribution in [-0.4, -0.2) is 0 Å². The summed E-state index contributed by atoms with van der Waals surface area (Å²) in [7, 11) is 0. The summed E-state index contributed by atoms with van der Waals surface area (Å²) in [6.45, 7) is 0. The van der Waals surface area contributed by atoms with Gasteiger partial charge >= 0.3 is 0 Å². The maximum atomic E-state index is 9.46. The fraction of sp³-hybridized carbons (Fsp3) is 0.429. The average Bonchev–Trinajstić information content (AvgIpc) is 2.37. The van der Waals surface area contributed by atoms with Gasteiger partial charge in [0.05, 0.1) is 24.3 Å². The molecular weight excluding hydrogens is 224 g/mol. The molecule has 0 saturated heterocycles. The fourth-order valence-electron chi connectivity index (χ4n) is 3.67. The summed E-state index contributed by atoms with van der Waals surface area (Å²) in [4.78, 5) is 0.